The number of aliphatic carboxylic acids is 1. The summed E-state index contributed by atoms with van der Waals surface area (Å²) in [6, 6.07) is 18.1. The second kappa shape index (κ2) is 8.46. The quantitative estimate of drug-likeness (QED) is 0.652. The van der Waals surface area contributed by atoms with E-state index < -0.39 is 11.9 Å². The number of carboxylic acid groups (broad SMARTS) is 1. The number of hydrogen-bond acceptors (Lipinski definition) is 3. The molecule has 2 aromatic carbocycles. The maximum atomic E-state index is 12.0. The van der Waals surface area contributed by atoms with Crippen molar-refractivity contribution in [2.45, 2.75) is 33.1 Å². The number of benzene rings is 2. The first kappa shape index (κ1) is 20.8. The molecule has 0 aliphatic heterocycles. The Morgan fingerprint density at radius 1 is 1.04 bits per heavy atom. The van der Waals surface area contributed by atoms with Gasteiger partial charge in [-0.05, 0) is 34.4 Å². The molecular formula is C21H21KO2S. The number of fused-ring (bicyclic) bond motifs is 1. The van der Waals surface area contributed by atoms with Gasteiger partial charge >= 0.3 is 51.4 Å². The van der Waals surface area contributed by atoms with E-state index in [4.69, 9.17) is 0 Å². The molecule has 2 nitrogen and oxygen atoms in total. The maximum Gasteiger partial charge on any atom is 1.00 e. The Labute approximate surface area is 195 Å². The van der Waals surface area contributed by atoms with Gasteiger partial charge in [-0.25, -0.2) is 0 Å². The number of carbonyl (C=O) groups excluding carboxylic acids is 1. The van der Waals surface area contributed by atoms with E-state index in [1.54, 1.807) is 11.3 Å². The van der Waals surface area contributed by atoms with E-state index in [9.17, 15) is 9.90 Å². The molecule has 0 N–H and O–H groups in total. The van der Waals surface area contributed by atoms with Crippen molar-refractivity contribution >= 4 is 27.4 Å². The molecule has 1 aromatic heterocycles. The fraction of sp³-hybridized carbons (Fsp3) is 0.286. The van der Waals surface area contributed by atoms with Gasteiger partial charge in [0, 0.05) is 21.5 Å². The van der Waals surface area contributed by atoms with Gasteiger partial charge in [0.2, 0.25) is 0 Å². The van der Waals surface area contributed by atoms with Crippen LogP contribution in [-0.2, 0) is 4.79 Å². The molecule has 3 aromatic rings. The molecule has 124 valence electrons. The molecule has 25 heavy (non-hydrogen) atoms. The third-order valence-corrected chi connectivity index (χ3v) is 5.35. The van der Waals surface area contributed by atoms with E-state index in [1.807, 2.05) is 48.5 Å². The summed E-state index contributed by atoms with van der Waals surface area (Å²) in [6.07, 6.45) is 0.551. The normalized spacial score (nSPS) is 12.6. The number of carbonyl (C=O) groups is 1. The molecule has 1 unspecified atom stereocenters. The van der Waals surface area contributed by atoms with Crippen molar-refractivity contribution < 1.29 is 61.3 Å². The molecule has 0 amide bonds. The number of rotatable bonds is 4. The molecule has 0 fully saturated rings. The van der Waals surface area contributed by atoms with E-state index in [0.29, 0.717) is 6.42 Å². The molecule has 0 spiro atoms. The van der Waals surface area contributed by atoms with Crippen molar-refractivity contribution in [3.63, 3.8) is 0 Å². The third-order valence-electron chi connectivity index (χ3n) is 4.12. The summed E-state index contributed by atoms with van der Waals surface area (Å²) >= 11 is 1.66. The third kappa shape index (κ3) is 4.82. The SMILES string of the molecule is CC(C)(C)CC(C(=O)[O-])c1c(-c2ccccc2)sc2ccccc12.[K+]. The summed E-state index contributed by atoms with van der Waals surface area (Å²) in [5.74, 6) is -1.61. The van der Waals surface area contributed by atoms with Gasteiger partial charge in [0.05, 0.1) is 0 Å². The van der Waals surface area contributed by atoms with Crippen LogP contribution in [0.4, 0.5) is 0 Å². The monoisotopic (exact) mass is 376 g/mol. The van der Waals surface area contributed by atoms with Crippen LogP contribution in [0.5, 0.6) is 0 Å². The molecule has 0 aliphatic rings. The van der Waals surface area contributed by atoms with Gasteiger partial charge in [-0.15, -0.1) is 11.3 Å². The fourth-order valence-electron chi connectivity index (χ4n) is 3.13. The molecule has 1 heterocycles. The minimum absolute atomic E-state index is 0. The minimum atomic E-state index is -0.995. The van der Waals surface area contributed by atoms with Gasteiger partial charge in [-0.1, -0.05) is 69.3 Å². The van der Waals surface area contributed by atoms with Crippen LogP contribution < -0.4 is 56.5 Å². The summed E-state index contributed by atoms with van der Waals surface area (Å²) in [5, 5.41) is 13.0. The Morgan fingerprint density at radius 3 is 2.24 bits per heavy atom. The van der Waals surface area contributed by atoms with Crippen molar-refractivity contribution in [2.24, 2.45) is 5.41 Å². The molecule has 4 heteroatoms. The maximum absolute atomic E-state index is 12.0. The minimum Gasteiger partial charge on any atom is -0.549 e. The standard InChI is InChI=1S/C21H22O2S.K/c1-21(2,3)13-16(20(22)23)18-15-11-7-8-12-17(15)24-19(18)14-9-5-4-6-10-14;/h4-12,16H,13H2,1-3H3,(H,22,23);/q;+1/p-1. The van der Waals surface area contributed by atoms with Crippen molar-refractivity contribution in [1.29, 1.82) is 0 Å². The Balaban J connectivity index is 0.00000225. The van der Waals surface area contributed by atoms with Gasteiger partial charge < -0.3 is 9.90 Å². The van der Waals surface area contributed by atoms with Crippen molar-refractivity contribution in [2.75, 3.05) is 0 Å². The van der Waals surface area contributed by atoms with E-state index in [2.05, 4.69) is 26.8 Å². The first-order chi connectivity index (χ1) is 11.4. The molecule has 0 saturated heterocycles. The smallest absolute Gasteiger partial charge is 0.549 e. The molecule has 1 atom stereocenters. The van der Waals surface area contributed by atoms with Gasteiger partial charge in [-0.3, -0.25) is 0 Å². The van der Waals surface area contributed by atoms with E-state index in [1.165, 1.54) is 0 Å². The predicted octanol–water partition coefficient (Wildman–Crippen LogP) is 1.84. The summed E-state index contributed by atoms with van der Waals surface area (Å²) in [6.45, 7) is 6.21. The molecule has 0 saturated carbocycles. The predicted molar refractivity (Wildman–Crippen MR) is 99.1 cm³/mol. The van der Waals surface area contributed by atoms with Gasteiger partial charge in [0.15, 0.2) is 0 Å². The topological polar surface area (TPSA) is 40.1 Å². The second-order valence-electron chi connectivity index (χ2n) is 7.34. The van der Waals surface area contributed by atoms with E-state index in [-0.39, 0.29) is 56.8 Å². The van der Waals surface area contributed by atoms with Crippen molar-refractivity contribution in [3.05, 3.63) is 60.2 Å². The second-order valence-corrected chi connectivity index (χ2v) is 8.40. The fourth-order valence-corrected chi connectivity index (χ4v) is 4.40. The van der Waals surface area contributed by atoms with Crippen LogP contribution in [0.3, 0.4) is 0 Å². The molecular weight excluding hydrogens is 355 g/mol. The van der Waals surface area contributed by atoms with Crippen LogP contribution >= 0.6 is 11.3 Å². The van der Waals surface area contributed by atoms with Gasteiger partial charge in [-0.2, -0.15) is 0 Å². The summed E-state index contributed by atoms with van der Waals surface area (Å²) in [4.78, 5) is 13.0. The van der Waals surface area contributed by atoms with Crippen LogP contribution in [0.1, 0.15) is 38.7 Å². The molecule has 0 radical (unpaired) electrons. The van der Waals surface area contributed by atoms with Crippen LogP contribution in [-0.4, -0.2) is 5.97 Å². The molecule has 3 rings (SSSR count). The zero-order valence-corrected chi connectivity index (χ0v) is 19.1. The largest absolute Gasteiger partial charge is 1.00 e. The average molecular weight is 377 g/mol. The number of carboxylic acids is 1. The Morgan fingerprint density at radius 2 is 1.64 bits per heavy atom. The average Bonchev–Trinajstić information content (AvgIpc) is 2.91. The number of hydrogen-bond donors (Lipinski definition) is 0. The Hall–Kier alpha value is -0.494. The summed E-state index contributed by atoms with van der Waals surface area (Å²) in [7, 11) is 0. The zero-order valence-electron chi connectivity index (χ0n) is 15.2. The summed E-state index contributed by atoms with van der Waals surface area (Å²) in [5.41, 5.74) is 1.87. The zero-order chi connectivity index (χ0) is 17.3. The van der Waals surface area contributed by atoms with Gasteiger partial charge in [0.25, 0.3) is 0 Å². The van der Waals surface area contributed by atoms with Crippen LogP contribution in [0.25, 0.3) is 20.5 Å². The van der Waals surface area contributed by atoms with E-state index in [0.717, 1.165) is 26.1 Å². The van der Waals surface area contributed by atoms with Crippen LogP contribution in [0.2, 0.25) is 0 Å². The Kier molecular flexibility index (Phi) is 7.05. The summed E-state index contributed by atoms with van der Waals surface area (Å²) < 4.78 is 1.12. The van der Waals surface area contributed by atoms with Crippen molar-refractivity contribution in [3.8, 4) is 10.4 Å². The molecule has 0 aliphatic carbocycles. The molecule has 0 bridgehead atoms. The first-order valence-corrected chi connectivity index (χ1v) is 8.96. The first-order valence-electron chi connectivity index (χ1n) is 8.14. The van der Waals surface area contributed by atoms with Crippen LogP contribution in [0.15, 0.2) is 54.6 Å². The number of thiophene rings is 1. The van der Waals surface area contributed by atoms with Crippen LogP contribution in [0, 0.1) is 5.41 Å². The van der Waals surface area contributed by atoms with E-state index >= 15 is 0 Å². The Bertz CT molecular complexity index is 862. The van der Waals surface area contributed by atoms with Crippen molar-refractivity contribution in [1.82, 2.24) is 0 Å². The van der Waals surface area contributed by atoms with Gasteiger partial charge in [0.1, 0.15) is 0 Å².